The fourth-order valence-electron chi connectivity index (χ4n) is 1.73. The lowest BCUT2D eigenvalue weighted by Gasteiger charge is -2.14. The van der Waals surface area contributed by atoms with Crippen molar-refractivity contribution in [1.29, 1.82) is 0 Å². The minimum atomic E-state index is 0.685. The third-order valence-electron chi connectivity index (χ3n) is 2.80. The van der Waals surface area contributed by atoms with E-state index in [0.717, 1.165) is 43.1 Å². The maximum absolute atomic E-state index is 5.80. The lowest BCUT2D eigenvalue weighted by atomic mass is 10.3. The maximum atomic E-state index is 5.80. The summed E-state index contributed by atoms with van der Waals surface area (Å²) in [5.41, 5.74) is 0.990. The molecular weight excluding hydrogens is 240 g/mol. The van der Waals surface area contributed by atoms with E-state index < -0.39 is 0 Å². The van der Waals surface area contributed by atoms with Crippen molar-refractivity contribution < 1.29 is 4.74 Å². The molecule has 1 heterocycles. The van der Waals surface area contributed by atoms with E-state index in [4.69, 9.17) is 4.74 Å². The van der Waals surface area contributed by atoms with Crippen LogP contribution in [0.15, 0.2) is 0 Å². The summed E-state index contributed by atoms with van der Waals surface area (Å²) in [6, 6.07) is 0. The second-order valence-corrected chi connectivity index (χ2v) is 4.81. The SMILES string of the molecule is CCNc1nc(CC)nc(OCCCN(C)C)c1C. The summed E-state index contributed by atoms with van der Waals surface area (Å²) in [6.45, 7) is 8.66. The van der Waals surface area contributed by atoms with Crippen LogP contribution in [0.25, 0.3) is 0 Å². The van der Waals surface area contributed by atoms with Gasteiger partial charge in [-0.25, -0.2) is 4.98 Å². The summed E-state index contributed by atoms with van der Waals surface area (Å²) < 4.78 is 5.80. The van der Waals surface area contributed by atoms with Crippen molar-refractivity contribution in [3.8, 4) is 5.88 Å². The quantitative estimate of drug-likeness (QED) is 0.730. The molecule has 108 valence electrons. The molecule has 1 rings (SSSR count). The zero-order valence-electron chi connectivity index (χ0n) is 12.8. The van der Waals surface area contributed by atoms with Gasteiger partial charge >= 0.3 is 0 Å². The van der Waals surface area contributed by atoms with Crippen LogP contribution in [0.2, 0.25) is 0 Å². The van der Waals surface area contributed by atoms with E-state index >= 15 is 0 Å². The van der Waals surface area contributed by atoms with Crippen molar-refractivity contribution in [2.24, 2.45) is 0 Å². The molecule has 0 unspecified atom stereocenters. The highest BCUT2D eigenvalue weighted by molar-refractivity contribution is 5.48. The summed E-state index contributed by atoms with van der Waals surface area (Å²) in [6.07, 6.45) is 1.81. The first-order chi connectivity index (χ1) is 9.08. The molecule has 0 saturated heterocycles. The highest BCUT2D eigenvalue weighted by atomic mass is 16.5. The van der Waals surface area contributed by atoms with Gasteiger partial charge in [0.25, 0.3) is 0 Å². The van der Waals surface area contributed by atoms with E-state index in [2.05, 4.69) is 48.1 Å². The molecule has 5 heteroatoms. The summed E-state index contributed by atoms with van der Waals surface area (Å²) in [4.78, 5) is 11.1. The number of hydrogen-bond acceptors (Lipinski definition) is 5. The van der Waals surface area contributed by atoms with Crippen molar-refractivity contribution in [3.63, 3.8) is 0 Å². The van der Waals surface area contributed by atoms with Gasteiger partial charge < -0.3 is 15.0 Å². The molecule has 0 amide bonds. The molecule has 0 spiro atoms. The van der Waals surface area contributed by atoms with E-state index in [1.54, 1.807) is 0 Å². The number of nitrogens with one attached hydrogen (secondary N) is 1. The molecule has 0 aromatic carbocycles. The van der Waals surface area contributed by atoms with Crippen LogP contribution in [0.4, 0.5) is 5.82 Å². The molecule has 5 nitrogen and oxygen atoms in total. The lowest BCUT2D eigenvalue weighted by molar-refractivity contribution is 0.270. The Balaban J connectivity index is 2.72. The second kappa shape index (κ2) is 7.94. The molecule has 1 aromatic rings. The van der Waals surface area contributed by atoms with Gasteiger partial charge in [0.1, 0.15) is 11.6 Å². The van der Waals surface area contributed by atoms with E-state index in [1.807, 2.05) is 6.92 Å². The highest BCUT2D eigenvalue weighted by Gasteiger charge is 2.10. The molecule has 1 aromatic heterocycles. The number of aromatic nitrogens is 2. The van der Waals surface area contributed by atoms with E-state index in [-0.39, 0.29) is 0 Å². The van der Waals surface area contributed by atoms with Gasteiger partial charge in [-0.2, -0.15) is 4.98 Å². The summed E-state index contributed by atoms with van der Waals surface area (Å²) in [7, 11) is 4.13. The van der Waals surface area contributed by atoms with Crippen molar-refractivity contribution in [1.82, 2.24) is 14.9 Å². The van der Waals surface area contributed by atoms with Crippen LogP contribution in [0.3, 0.4) is 0 Å². The van der Waals surface area contributed by atoms with Crippen LogP contribution in [0, 0.1) is 6.92 Å². The molecule has 0 bridgehead atoms. The Labute approximate surface area is 116 Å². The zero-order chi connectivity index (χ0) is 14.3. The minimum Gasteiger partial charge on any atom is -0.477 e. The molecule has 0 fully saturated rings. The van der Waals surface area contributed by atoms with Crippen molar-refractivity contribution >= 4 is 5.82 Å². The number of rotatable bonds is 8. The summed E-state index contributed by atoms with van der Waals surface area (Å²) in [5.74, 6) is 2.42. The van der Waals surface area contributed by atoms with Gasteiger partial charge in [-0.3, -0.25) is 0 Å². The normalized spacial score (nSPS) is 10.8. The first-order valence-corrected chi connectivity index (χ1v) is 6.97. The predicted octanol–water partition coefficient (Wildman–Crippen LogP) is 2.11. The number of aryl methyl sites for hydroxylation is 1. The third kappa shape index (κ3) is 5.03. The molecule has 0 saturated carbocycles. The fourth-order valence-corrected chi connectivity index (χ4v) is 1.73. The van der Waals surface area contributed by atoms with Gasteiger partial charge in [-0.05, 0) is 34.4 Å². The standard InChI is InChI=1S/C14H26N4O/c1-6-12-16-13(15-7-2)11(3)14(17-12)19-10-8-9-18(4)5/h6-10H2,1-5H3,(H,15,16,17). The Kier molecular flexibility index (Phi) is 6.56. The molecule has 0 atom stereocenters. The van der Waals surface area contributed by atoms with Crippen LogP contribution in [0.5, 0.6) is 5.88 Å². The van der Waals surface area contributed by atoms with E-state index in [9.17, 15) is 0 Å². The van der Waals surface area contributed by atoms with Gasteiger partial charge in [0.05, 0.1) is 12.2 Å². The lowest BCUT2D eigenvalue weighted by Crippen LogP contribution is -2.16. The van der Waals surface area contributed by atoms with Gasteiger partial charge in [-0.1, -0.05) is 6.92 Å². The number of nitrogens with zero attached hydrogens (tertiary/aromatic N) is 3. The molecule has 19 heavy (non-hydrogen) atoms. The first-order valence-electron chi connectivity index (χ1n) is 6.97. The van der Waals surface area contributed by atoms with E-state index in [0.29, 0.717) is 12.5 Å². The van der Waals surface area contributed by atoms with Crippen molar-refractivity contribution in [2.75, 3.05) is 39.1 Å². The van der Waals surface area contributed by atoms with Gasteiger partial charge in [0.2, 0.25) is 5.88 Å². The molecule has 1 N–H and O–H groups in total. The Bertz CT molecular complexity index is 393. The Morgan fingerprint density at radius 3 is 2.53 bits per heavy atom. The predicted molar refractivity (Wildman–Crippen MR) is 79.0 cm³/mol. The molecule has 0 radical (unpaired) electrons. The first kappa shape index (κ1) is 15.7. The van der Waals surface area contributed by atoms with Crippen LogP contribution >= 0.6 is 0 Å². The van der Waals surface area contributed by atoms with Crippen LogP contribution < -0.4 is 10.1 Å². The zero-order valence-corrected chi connectivity index (χ0v) is 12.8. The van der Waals surface area contributed by atoms with Crippen molar-refractivity contribution in [3.05, 3.63) is 11.4 Å². The number of hydrogen-bond donors (Lipinski definition) is 1. The number of anilines is 1. The Morgan fingerprint density at radius 2 is 1.95 bits per heavy atom. The van der Waals surface area contributed by atoms with Crippen LogP contribution in [-0.2, 0) is 6.42 Å². The average Bonchev–Trinajstić information content (AvgIpc) is 2.38. The van der Waals surface area contributed by atoms with E-state index in [1.165, 1.54) is 0 Å². The molecular formula is C14H26N4O. The average molecular weight is 266 g/mol. The smallest absolute Gasteiger partial charge is 0.221 e. The number of ether oxygens (including phenoxy) is 1. The molecule has 0 aliphatic rings. The minimum absolute atomic E-state index is 0.685. The Hall–Kier alpha value is -1.36. The Morgan fingerprint density at radius 1 is 1.21 bits per heavy atom. The fraction of sp³-hybridized carbons (Fsp3) is 0.714. The molecule has 0 aliphatic carbocycles. The van der Waals surface area contributed by atoms with Gasteiger partial charge in [-0.15, -0.1) is 0 Å². The van der Waals surface area contributed by atoms with Crippen LogP contribution in [-0.4, -0.2) is 48.7 Å². The van der Waals surface area contributed by atoms with Crippen LogP contribution in [0.1, 0.15) is 31.7 Å². The van der Waals surface area contributed by atoms with Gasteiger partial charge in [0.15, 0.2) is 0 Å². The topological polar surface area (TPSA) is 50.3 Å². The highest BCUT2D eigenvalue weighted by Crippen LogP contribution is 2.22. The summed E-state index contributed by atoms with van der Waals surface area (Å²) in [5, 5.41) is 3.26. The molecule has 0 aliphatic heterocycles. The summed E-state index contributed by atoms with van der Waals surface area (Å²) >= 11 is 0. The van der Waals surface area contributed by atoms with Crippen molar-refractivity contribution in [2.45, 2.75) is 33.6 Å². The third-order valence-corrected chi connectivity index (χ3v) is 2.80. The largest absolute Gasteiger partial charge is 0.477 e. The monoisotopic (exact) mass is 266 g/mol. The second-order valence-electron chi connectivity index (χ2n) is 4.81. The van der Waals surface area contributed by atoms with Gasteiger partial charge in [0, 0.05) is 19.5 Å². The maximum Gasteiger partial charge on any atom is 0.221 e.